The Morgan fingerprint density at radius 1 is 0.919 bits per heavy atom. The standard InChI is InChI=1S/C29H61NO5Si2/c1-20(19-32-36(15,16)27(7,8)9)23(35-37(17,18)28(10,11)12)21(2)24-22(3)30(29(13,14)33-24)25(31)34-26(4,5)6/h20-24H,19H2,1-18H3/t20-,21-,22-,23-,24+/m1/s1. The van der Waals surface area contributed by atoms with Gasteiger partial charge in [-0.15, -0.1) is 0 Å². The lowest BCUT2D eigenvalue weighted by Gasteiger charge is -2.45. The Morgan fingerprint density at radius 3 is 1.78 bits per heavy atom. The molecule has 1 aliphatic rings. The molecule has 0 unspecified atom stereocenters. The number of carbonyl (C=O) groups excluding carboxylic acids is 1. The first-order valence-electron chi connectivity index (χ1n) is 14.2. The van der Waals surface area contributed by atoms with E-state index in [1.807, 2.05) is 34.6 Å². The van der Waals surface area contributed by atoms with Gasteiger partial charge in [0.05, 0.1) is 18.2 Å². The second kappa shape index (κ2) is 11.2. The van der Waals surface area contributed by atoms with E-state index < -0.39 is 28.0 Å². The maximum atomic E-state index is 13.2. The van der Waals surface area contributed by atoms with Gasteiger partial charge in [0.1, 0.15) is 11.3 Å². The Morgan fingerprint density at radius 2 is 1.38 bits per heavy atom. The third-order valence-electron chi connectivity index (χ3n) is 8.82. The van der Waals surface area contributed by atoms with Gasteiger partial charge in [-0.25, -0.2) is 4.79 Å². The highest BCUT2D eigenvalue weighted by Gasteiger charge is 2.53. The molecule has 0 aromatic rings. The summed E-state index contributed by atoms with van der Waals surface area (Å²) in [4.78, 5) is 15.0. The lowest BCUT2D eigenvalue weighted by Crippen LogP contribution is -2.52. The first-order valence-corrected chi connectivity index (χ1v) is 20.0. The fourth-order valence-corrected chi connectivity index (χ4v) is 7.06. The first-order chi connectivity index (χ1) is 16.1. The van der Waals surface area contributed by atoms with Crippen molar-refractivity contribution in [1.29, 1.82) is 0 Å². The Kier molecular flexibility index (Phi) is 10.5. The molecule has 0 spiro atoms. The van der Waals surface area contributed by atoms with Crippen LogP contribution in [0.15, 0.2) is 0 Å². The van der Waals surface area contributed by atoms with Crippen LogP contribution in [0.5, 0.6) is 0 Å². The monoisotopic (exact) mass is 559 g/mol. The van der Waals surface area contributed by atoms with Gasteiger partial charge in [0.2, 0.25) is 0 Å². The van der Waals surface area contributed by atoms with Crippen molar-refractivity contribution in [3.8, 4) is 0 Å². The van der Waals surface area contributed by atoms with Gasteiger partial charge in [0, 0.05) is 18.4 Å². The highest BCUT2D eigenvalue weighted by molar-refractivity contribution is 6.74. The molecule has 8 heteroatoms. The molecule has 0 saturated carbocycles. The van der Waals surface area contributed by atoms with E-state index >= 15 is 0 Å². The molecule has 0 aromatic heterocycles. The number of hydrogen-bond donors (Lipinski definition) is 0. The molecule has 0 radical (unpaired) electrons. The maximum Gasteiger partial charge on any atom is 0.412 e. The van der Waals surface area contributed by atoms with Crippen molar-refractivity contribution in [1.82, 2.24) is 4.90 Å². The van der Waals surface area contributed by atoms with E-state index in [0.29, 0.717) is 6.61 Å². The van der Waals surface area contributed by atoms with E-state index in [1.165, 1.54) is 0 Å². The van der Waals surface area contributed by atoms with E-state index in [1.54, 1.807) is 4.90 Å². The van der Waals surface area contributed by atoms with Crippen LogP contribution in [0.1, 0.15) is 96.9 Å². The average Bonchev–Trinajstić information content (AvgIpc) is 2.89. The molecule has 1 aliphatic heterocycles. The molecular weight excluding hydrogens is 498 g/mol. The van der Waals surface area contributed by atoms with Gasteiger partial charge >= 0.3 is 6.09 Å². The summed E-state index contributed by atoms with van der Waals surface area (Å²) in [6, 6.07) is -0.154. The summed E-state index contributed by atoms with van der Waals surface area (Å²) in [6.07, 6.45) is -0.587. The van der Waals surface area contributed by atoms with Gasteiger partial charge in [0.25, 0.3) is 0 Å². The van der Waals surface area contributed by atoms with E-state index in [4.69, 9.17) is 18.3 Å². The van der Waals surface area contributed by atoms with Gasteiger partial charge in [-0.2, -0.15) is 0 Å². The molecule has 0 aromatic carbocycles. The van der Waals surface area contributed by atoms with Crippen LogP contribution in [0.2, 0.25) is 36.3 Å². The predicted molar refractivity (Wildman–Crippen MR) is 160 cm³/mol. The summed E-state index contributed by atoms with van der Waals surface area (Å²) < 4.78 is 26.2. The average molecular weight is 560 g/mol. The summed E-state index contributed by atoms with van der Waals surface area (Å²) >= 11 is 0. The highest BCUT2D eigenvalue weighted by atomic mass is 28.4. The van der Waals surface area contributed by atoms with Crippen LogP contribution < -0.4 is 0 Å². The van der Waals surface area contributed by atoms with Crippen molar-refractivity contribution < 1.29 is 23.1 Å². The summed E-state index contributed by atoms with van der Waals surface area (Å²) in [5.74, 6) is 0.224. The first kappa shape index (κ1) is 34.6. The number of carbonyl (C=O) groups is 1. The molecule has 1 amide bonds. The summed E-state index contributed by atoms with van der Waals surface area (Å²) in [5.41, 5.74) is -1.34. The molecule has 220 valence electrons. The van der Waals surface area contributed by atoms with Crippen LogP contribution in [0.25, 0.3) is 0 Å². The normalized spacial score (nSPS) is 24.1. The molecule has 0 bridgehead atoms. The van der Waals surface area contributed by atoms with E-state index in [9.17, 15) is 4.79 Å². The largest absolute Gasteiger partial charge is 0.444 e. The summed E-state index contributed by atoms with van der Waals surface area (Å²) in [7, 11) is -3.99. The van der Waals surface area contributed by atoms with Crippen molar-refractivity contribution in [2.45, 2.75) is 163 Å². The van der Waals surface area contributed by atoms with Crippen LogP contribution in [0.3, 0.4) is 0 Å². The zero-order valence-electron chi connectivity index (χ0n) is 27.6. The minimum absolute atomic E-state index is 0.0499. The van der Waals surface area contributed by atoms with Crippen LogP contribution >= 0.6 is 0 Å². The third kappa shape index (κ3) is 8.53. The minimum atomic E-state index is -2.09. The van der Waals surface area contributed by atoms with Crippen molar-refractivity contribution in [2.75, 3.05) is 6.61 Å². The zero-order valence-corrected chi connectivity index (χ0v) is 29.6. The number of hydrogen-bond acceptors (Lipinski definition) is 5. The number of rotatable bonds is 8. The molecule has 37 heavy (non-hydrogen) atoms. The highest BCUT2D eigenvalue weighted by Crippen LogP contribution is 2.44. The second-order valence-electron chi connectivity index (χ2n) is 15.9. The molecule has 1 rings (SSSR count). The summed E-state index contributed by atoms with van der Waals surface area (Å²) in [6.45, 7) is 39.7. The molecule has 1 fully saturated rings. The topological polar surface area (TPSA) is 57.2 Å². The van der Waals surface area contributed by atoms with Crippen LogP contribution in [0.4, 0.5) is 4.79 Å². The van der Waals surface area contributed by atoms with Crippen molar-refractivity contribution in [3.05, 3.63) is 0 Å². The molecule has 0 N–H and O–H groups in total. The Hall–Kier alpha value is -0.416. The second-order valence-corrected chi connectivity index (χ2v) is 25.4. The quantitative estimate of drug-likeness (QED) is 0.279. The molecule has 5 atom stereocenters. The maximum absolute atomic E-state index is 13.2. The van der Waals surface area contributed by atoms with Crippen LogP contribution in [0, 0.1) is 11.8 Å². The molecular formula is C29H61NO5Si2. The number of nitrogens with zero attached hydrogens (tertiary/aromatic N) is 1. The Balaban J connectivity index is 3.33. The van der Waals surface area contributed by atoms with E-state index in [2.05, 4.69) is 88.5 Å². The van der Waals surface area contributed by atoms with E-state index in [0.717, 1.165) is 0 Å². The lowest BCUT2D eigenvalue weighted by molar-refractivity contribution is -0.103. The van der Waals surface area contributed by atoms with Crippen molar-refractivity contribution >= 4 is 22.7 Å². The third-order valence-corrected chi connectivity index (χ3v) is 17.8. The molecule has 1 saturated heterocycles. The fraction of sp³-hybridized carbons (Fsp3) is 0.966. The Bertz CT molecular complexity index is 777. The summed E-state index contributed by atoms with van der Waals surface area (Å²) in [5, 5.41) is 0.226. The fourth-order valence-electron chi connectivity index (χ4n) is 4.47. The Labute approximate surface area is 231 Å². The van der Waals surface area contributed by atoms with Gasteiger partial charge < -0.3 is 18.3 Å². The SMILES string of the molecule is C[C@H]([C@H](O[Si](C)(C)C(C)(C)C)[C@H](C)CO[Si](C)(C)C(C)(C)C)[C@@H]1OC(C)(C)N(C(=O)OC(C)(C)C)[C@@H]1C. The van der Waals surface area contributed by atoms with Gasteiger partial charge in [-0.3, -0.25) is 4.90 Å². The minimum Gasteiger partial charge on any atom is -0.444 e. The number of ether oxygens (including phenoxy) is 2. The molecule has 0 aliphatic carbocycles. The van der Waals surface area contributed by atoms with Crippen molar-refractivity contribution in [2.24, 2.45) is 11.8 Å². The zero-order chi connectivity index (χ0) is 29.6. The van der Waals surface area contributed by atoms with Crippen LogP contribution in [-0.2, 0) is 18.3 Å². The number of amides is 1. The van der Waals surface area contributed by atoms with Crippen LogP contribution in [-0.4, -0.2) is 63.8 Å². The lowest BCUT2D eigenvalue weighted by atomic mass is 9.87. The predicted octanol–water partition coefficient (Wildman–Crippen LogP) is 8.43. The van der Waals surface area contributed by atoms with E-state index in [-0.39, 0.29) is 46.3 Å². The smallest absolute Gasteiger partial charge is 0.412 e. The van der Waals surface area contributed by atoms with Gasteiger partial charge in [-0.05, 0) is 77.8 Å². The molecule has 1 heterocycles. The molecule has 6 nitrogen and oxygen atoms in total. The van der Waals surface area contributed by atoms with Gasteiger partial charge in [0.15, 0.2) is 16.6 Å². The van der Waals surface area contributed by atoms with Crippen molar-refractivity contribution in [3.63, 3.8) is 0 Å². The van der Waals surface area contributed by atoms with Gasteiger partial charge in [-0.1, -0.05) is 55.4 Å².